The van der Waals surface area contributed by atoms with Crippen molar-refractivity contribution in [2.24, 2.45) is 0 Å². The Kier molecular flexibility index (Phi) is 4.94. The molecule has 0 unspecified atom stereocenters. The zero-order valence-corrected chi connectivity index (χ0v) is 14.3. The number of carbonyl (C=O) groups excluding carboxylic acids is 1. The summed E-state index contributed by atoms with van der Waals surface area (Å²) >= 11 is 0. The van der Waals surface area contributed by atoms with Crippen LogP contribution in [0.3, 0.4) is 0 Å². The highest BCUT2D eigenvalue weighted by Crippen LogP contribution is 2.21. The average Bonchev–Trinajstić information content (AvgIpc) is 3.15. The van der Waals surface area contributed by atoms with Gasteiger partial charge in [-0.1, -0.05) is 35.5 Å². The van der Waals surface area contributed by atoms with Gasteiger partial charge in [-0.25, -0.2) is 9.78 Å². The number of nitrogens with one attached hydrogen (secondary N) is 1. The number of rotatable bonds is 5. The summed E-state index contributed by atoms with van der Waals surface area (Å²) in [5.41, 5.74) is 2.67. The molecule has 0 spiro atoms. The molecule has 7 nitrogen and oxygen atoms in total. The lowest BCUT2D eigenvalue weighted by molar-refractivity contribution is 0.0599. The molecule has 26 heavy (non-hydrogen) atoms. The monoisotopic (exact) mass is 348 g/mol. The van der Waals surface area contributed by atoms with Crippen LogP contribution in [0.4, 0.5) is 5.82 Å². The van der Waals surface area contributed by atoms with Gasteiger partial charge in [0.25, 0.3) is 0 Å². The van der Waals surface area contributed by atoms with Gasteiger partial charge in [-0.15, -0.1) is 0 Å². The highest BCUT2D eigenvalue weighted by atomic mass is 16.5. The van der Waals surface area contributed by atoms with Gasteiger partial charge in [-0.3, -0.25) is 0 Å². The fourth-order valence-electron chi connectivity index (χ4n) is 2.45. The SMILES string of the molecule is COC(=O)c1cc(C#N)c(NCc2cc(-c3ccccc3)no2)nc1C. The first-order valence-corrected chi connectivity index (χ1v) is 7.87. The molecule has 0 saturated carbocycles. The van der Waals surface area contributed by atoms with E-state index in [0.29, 0.717) is 23.8 Å². The Bertz CT molecular complexity index is 974. The third kappa shape index (κ3) is 3.54. The van der Waals surface area contributed by atoms with E-state index in [4.69, 9.17) is 9.26 Å². The molecule has 0 aliphatic rings. The normalized spacial score (nSPS) is 10.2. The minimum atomic E-state index is -0.527. The van der Waals surface area contributed by atoms with Gasteiger partial charge in [0.05, 0.1) is 30.5 Å². The second-order valence-corrected chi connectivity index (χ2v) is 5.52. The van der Waals surface area contributed by atoms with Crippen LogP contribution in [0.25, 0.3) is 11.3 Å². The summed E-state index contributed by atoms with van der Waals surface area (Å²) in [5, 5.41) is 16.4. The third-order valence-electron chi connectivity index (χ3n) is 3.80. The highest BCUT2D eigenvalue weighted by molar-refractivity contribution is 5.91. The maximum atomic E-state index is 11.7. The van der Waals surface area contributed by atoms with E-state index in [-0.39, 0.29) is 11.1 Å². The van der Waals surface area contributed by atoms with Crippen molar-refractivity contribution in [3.8, 4) is 17.3 Å². The number of nitriles is 1. The molecule has 0 atom stereocenters. The minimum Gasteiger partial charge on any atom is -0.465 e. The molecule has 1 N–H and O–H groups in total. The zero-order valence-electron chi connectivity index (χ0n) is 14.3. The van der Waals surface area contributed by atoms with E-state index in [0.717, 1.165) is 11.3 Å². The highest BCUT2D eigenvalue weighted by Gasteiger charge is 2.16. The number of methoxy groups -OCH3 is 1. The van der Waals surface area contributed by atoms with Crippen molar-refractivity contribution in [1.29, 1.82) is 5.26 Å². The third-order valence-corrected chi connectivity index (χ3v) is 3.80. The van der Waals surface area contributed by atoms with E-state index in [1.54, 1.807) is 6.92 Å². The summed E-state index contributed by atoms with van der Waals surface area (Å²) < 4.78 is 10.0. The molecule has 3 aromatic rings. The summed E-state index contributed by atoms with van der Waals surface area (Å²) in [6.45, 7) is 1.99. The van der Waals surface area contributed by atoms with E-state index < -0.39 is 5.97 Å². The van der Waals surface area contributed by atoms with Crippen molar-refractivity contribution in [2.75, 3.05) is 12.4 Å². The maximum absolute atomic E-state index is 11.7. The Morgan fingerprint density at radius 2 is 2.08 bits per heavy atom. The van der Waals surface area contributed by atoms with Crippen molar-refractivity contribution in [2.45, 2.75) is 13.5 Å². The molecule has 7 heteroatoms. The molecule has 2 aromatic heterocycles. The van der Waals surface area contributed by atoms with E-state index in [9.17, 15) is 10.1 Å². The summed E-state index contributed by atoms with van der Waals surface area (Å²) in [6.07, 6.45) is 0. The molecule has 0 aliphatic heterocycles. The van der Waals surface area contributed by atoms with Gasteiger partial charge in [0.1, 0.15) is 17.6 Å². The molecule has 3 rings (SSSR count). The van der Waals surface area contributed by atoms with Crippen LogP contribution in [0.1, 0.15) is 27.4 Å². The van der Waals surface area contributed by atoms with Crippen molar-refractivity contribution in [3.05, 3.63) is 65.0 Å². The number of esters is 1. The number of benzene rings is 1. The molecule has 0 amide bonds. The molecule has 2 heterocycles. The van der Waals surface area contributed by atoms with Crippen LogP contribution in [0.2, 0.25) is 0 Å². The molecular weight excluding hydrogens is 332 g/mol. The predicted molar refractivity (Wildman–Crippen MR) is 94.3 cm³/mol. The molecular formula is C19H16N4O3. The zero-order chi connectivity index (χ0) is 18.5. The Hall–Kier alpha value is -3.66. The smallest absolute Gasteiger partial charge is 0.339 e. The first-order chi connectivity index (χ1) is 12.6. The standard InChI is InChI=1S/C19H16N4O3/c1-12-16(19(24)25-2)8-14(10-20)18(22-12)21-11-15-9-17(23-26-15)13-6-4-3-5-7-13/h3-9H,11H2,1-2H3,(H,21,22). The Balaban J connectivity index is 1.78. The molecule has 130 valence electrons. The number of aromatic nitrogens is 2. The van der Waals surface area contributed by atoms with Gasteiger partial charge in [0, 0.05) is 11.6 Å². The molecule has 0 fully saturated rings. The quantitative estimate of drug-likeness (QED) is 0.706. The van der Waals surface area contributed by atoms with Gasteiger partial charge in [0.2, 0.25) is 0 Å². The van der Waals surface area contributed by atoms with E-state index in [2.05, 4.69) is 15.5 Å². The van der Waals surface area contributed by atoms with Crippen molar-refractivity contribution in [1.82, 2.24) is 10.1 Å². The van der Waals surface area contributed by atoms with Crippen LogP contribution < -0.4 is 5.32 Å². The van der Waals surface area contributed by atoms with E-state index in [1.807, 2.05) is 42.5 Å². The van der Waals surface area contributed by atoms with E-state index in [1.165, 1.54) is 13.2 Å². The van der Waals surface area contributed by atoms with Crippen molar-refractivity contribution >= 4 is 11.8 Å². The number of nitrogens with zero attached hydrogens (tertiary/aromatic N) is 3. The fourth-order valence-corrected chi connectivity index (χ4v) is 2.45. The van der Waals surface area contributed by atoms with E-state index >= 15 is 0 Å². The van der Waals surface area contributed by atoms with Gasteiger partial charge in [-0.2, -0.15) is 5.26 Å². The molecule has 0 saturated heterocycles. The number of pyridine rings is 1. The molecule has 0 bridgehead atoms. The van der Waals surface area contributed by atoms with Gasteiger partial charge in [-0.05, 0) is 13.0 Å². The second kappa shape index (κ2) is 7.49. The van der Waals surface area contributed by atoms with Crippen LogP contribution >= 0.6 is 0 Å². The number of ether oxygens (including phenoxy) is 1. The fraction of sp³-hybridized carbons (Fsp3) is 0.158. The van der Waals surface area contributed by atoms with Crippen molar-refractivity contribution < 1.29 is 14.1 Å². The van der Waals surface area contributed by atoms with Crippen LogP contribution in [0.15, 0.2) is 47.0 Å². The average molecular weight is 348 g/mol. The number of hydrogen-bond donors (Lipinski definition) is 1. The summed E-state index contributed by atoms with van der Waals surface area (Å²) in [4.78, 5) is 16.0. The van der Waals surface area contributed by atoms with Gasteiger partial charge >= 0.3 is 5.97 Å². The van der Waals surface area contributed by atoms with Gasteiger partial charge in [0.15, 0.2) is 5.76 Å². The summed E-state index contributed by atoms with van der Waals surface area (Å²) in [7, 11) is 1.29. The maximum Gasteiger partial charge on any atom is 0.339 e. The largest absolute Gasteiger partial charge is 0.465 e. The Morgan fingerprint density at radius 3 is 2.77 bits per heavy atom. The summed E-state index contributed by atoms with van der Waals surface area (Å²) in [5.74, 6) is 0.445. The Morgan fingerprint density at radius 1 is 1.31 bits per heavy atom. The first-order valence-electron chi connectivity index (χ1n) is 7.87. The minimum absolute atomic E-state index is 0.249. The molecule has 0 aliphatic carbocycles. The lowest BCUT2D eigenvalue weighted by atomic mass is 10.1. The number of carbonyl (C=O) groups is 1. The molecule has 1 aromatic carbocycles. The lowest BCUT2D eigenvalue weighted by Gasteiger charge is -2.09. The Labute approximate surface area is 150 Å². The predicted octanol–water partition coefficient (Wildman–Crippen LogP) is 3.32. The van der Waals surface area contributed by atoms with Crippen LogP contribution in [-0.4, -0.2) is 23.2 Å². The van der Waals surface area contributed by atoms with Gasteiger partial charge < -0.3 is 14.6 Å². The van der Waals surface area contributed by atoms with Crippen LogP contribution in [0.5, 0.6) is 0 Å². The lowest BCUT2D eigenvalue weighted by Crippen LogP contribution is -2.10. The van der Waals surface area contributed by atoms with Crippen LogP contribution in [-0.2, 0) is 11.3 Å². The number of anilines is 1. The summed E-state index contributed by atoms with van der Waals surface area (Å²) in [6, 6.07) is 15.0. The number of aryl methyl sites for hydroxylation is 1. The topological polar surface area (TPSA) is 101 Å². The molecule has 0 radical (unpaired) electrons. The van der Waals surface area contributed by atoms with Crippen molar-refractivity contribution in [3.63, 3.8) is 0 Å². The second-order valence-electron chi connectivity index (χ2n) is 5.52. The first kappa shape index (κ1) is 17.2. The number of hydrogen-bond acceptors (Lipinski definition) is 7. The van der Waals surface area contributed by atoms with Crippen LogP contribution in [0, 0.1) is 18.3 Å².